The van der Waals surface area contributed by atoms with Crippen LogP contribution in [0.1, 0.15) is 33.1 Å². The van der Waals surface area contributed by atoms with Crippen LogP contribution in [0.15, 0.2) is 0 Å². The summed E-state index contributed by atoms with van der Waals surface area (Å²) in [5, 5.41) is 3.56. The van der Waals surface area contributed by atoms with Gasteiger partial charge in [0.15, 0.2) is 0 Å². The van der Waals surface area contributed by atoms with Gasteiger partial charge in [0.05, 0.1) is 6.61 Å². The lowest BCUT2D eigenvalue weighted by Gasteiger charge is -2.30. The Balaban J connectivity index is 2.21. The number of alkyl halides is 1. The van der Waals surface area contributed by atoms with E-state index in [1.807, 2.05) is 0 Å². The fourth-order valence-electron chi connectivity index (χ4n) is 2.02. The number of ether oxygens (including phenoxy) is 1. The van der Waals surface area contributed by atoms with Crippen LogP contribution in [0.25, 0.3) is 0 Å². The molecule has 1 unspecified atom stereocenters. The average molecular weight is 234 g/mol. The molecule has 0 amide bonds. The van der Waals surface area contributed by atoms with Crippen molar-refractivity contribution >= 4 is 11.6 Å². The first-order valence-corrected chi connectivity index (χ1v) is 6.64. The van der Waals surface area contributed by atoms with E-state index in [0.29, 0.717) is 11.3 Å². The summed E-state index contributed by atoms with van der Waals surface area (Å²) in [5.74, 6) is 1.47. The van der Waals surface area contributed by atoms with Crippen LogP contribution in [-0.2, 0) is 4.74 Å². The highest BCUT2D eigenvalue weighted by Gasteiger charge is 2.25. The number of rotatable bonds is 7. The normalized spacial score (nSPS) is 22.2. The molecule has 0 aromatic heterocycles. The quantitative estimate of drug-likeness (QED) is 0.683. The molecule has 1 saturated heterocycles. The minimum atomic E-state index is 0.293. The maximum atomic E-state index is 6.06. The molecule has 1 atom stereocenters. The molecule has 0 bridgehead atoms. The summed E-state index contributed by atoms with van der Waals surface area (Å²) in [6.07, 6.45) is 3.52. The lowest BCUT2D eigenvalue weighted by atomic mass is 9.84. The smallest absolute Gasteiger partial charge is 0.0507 e. The molecule has 15 heavy (non-hydrogen) atoms. The second-order valence-corrected chi connectivity index (χ2v) is 4.97. The molecule has 0 radical (unpaired) electrons. The van der Waals surface area contributed by atoms with Gasteiger partial charge in [0.1, 0.15) is 0 Å². The topological polar surface area (TPSA) is 21.3 Å². The largest absolute Gasteiger partial charge is 0.381 e. The highest BCUT2D eigenvalue weighted by molar-refractivity contribution is 6.18. The molecule has 1 aliphatic heterocycles. The molecule has 0 aromatic rings. The highest BCUT2D eigenvalue weighted by atomic mass is 35.5. The minimum absolute atomic E-state index is 0.293. The SMILES string of the molecule is CCC(CC)(CCl)CNCC1CCOC1. The molecule has 1 heterocycles. The van der Waals surface area contributed by atoms with Gasteiger partial charge in [-0.25, -0.2) is 0 Å². The van der Waals surface area contributed by atoms with E-state index >= 15 is 0 Å². The summed E-state index contributed by atoms with van der Waals surface area (Å²) in [5.41, 5.74) is 0.293. The molecule has 3 heteroatoms. The first-order valence-electron chi connectivity index (χ1n) is 6.10. The maximum Gasteiger partial charge on any atom is 0.0507 e. The first kappa shape index (κ1) is 13.3. The third-order valence-electron chi connectivity index (χ3n) is 3.74. The molecule has 0 saturated carbocycles. The van der Waals surface area contributed by atoms with Crippen LogP contribution in [-0.4, -0.2) is 32.2 Å². The fraction of sp³-hybridized carbons (Fsp3) is 1.00. The second-order valence-electron chi connectivity index (χ2n) is 4.70. The Morgan fingerprint density at radius 1 is 1.40 bits per heavy atom. The summed E-state index contributed by atoms with van der Waals surface area (Å²) in [7, 11) is 0. The van der Waals surface area contributed by atoms with Gasteiger partial charge in [0, 0.05) is 25.6 Å². The zero-order chi connectivity index (χ0) is 11.1. The third kappa shape index (κ3) is 3.93. The molecule has 1 aliphatic rings. The summed E-state index contributed by atoms with van der Waals surface area (Å²) in [4.78, 5) is 0. The van der Waals surface area contributed by atoms with E-state index in [2.05, 4.69) is 19.2 Å². The minimum Gasteiger partial charge on any atom is -0.381 e. The van der Waals surface area contributed by atoms with Crippen LogP contribution in [0.3, 0.4) is 0 Å². The molecule has 1 rings (SSSR count). The van der Waals surface area contributed by atoms with Crippen molar-refractivity contribution in [3.8, 4) is 0 Å². The van der Waals surface area contributed by atoms with Crippen molar-refractivity contribution in [2.75, 3.05) is 32.2 Å². The van der Waals surface area contributed by atoms with Crippen LogP contribution in [0.4, 0.5) is 0 Å². The van der Waals surface area contributed by atoms with E-state index in [-0.39, 0.29) is 0 Å². The van der Waals surface area contributed by atoms with E-state index in [1.54, 1.807) is 0 Å². The Labute approximate surface area is 98.7 Å². The molecule has 2 nitrogen and oxygen atoms in total. The predicted octanol–water partition coefficient (Wildman–Crippen LogP) is 2.66. The van der Waals surface area contributed by atoms with Crippen LogP contribution >= 0.6 is 11.6 Å². The average Bonchev–Trinajstić information content (AvgIpc) is 2.78. The van der Waals surface area contributed by atoms with Crippen LogP contribution in [0, 0.1) is 11.3 Å². The molecular formula is C12H24ClNO. The molecule has 0 spiro atoms. The van der Waals surface area contributed by atoms with Gasteiger partial charge < -0.3 is 10.1 Å². The Morgan fingerprint density at radius 3 is 2.60 bits per heavy atom. The molecule has 1 N–H and O–H groups in total. The highest BCUT2D eigenvalue weighted by Crippen LogP contribution is 2.27. The molecule has 0 aromatic carbocycles. The second kappa shape index (κ2) is 6.72. The zero-order valence-corrected chi connectivity index (χ0v) is 10.8. The fourth-order valence-corrected chi connectivity index (χ4v) is 2.49. The third-order valence-corrected chi connectivity index (χ3v) is 4.31. The van der Waals surface area contributed by atoms with Crippen LogP contribution in [0.2, 0.25) is 0 Å². The van der Waals surface area contributed by atoms with Gasteiger partial charge in [-0.2, -0.15) is 0 Å². The molecule has 0 aliphatic carbocycles. The van der Waals surface area contributed by atoms with Gasteiger partial charge in [-0.3, -0.25) is 0 Å². The van der Waals surface area contributed by atoms with Crippen molar-refractivity contribution in [2.24, 2.45) is 11.3 Å². The number of hydrogen-bond donors (Lipinski definition) is 1. The van der Waals surface area contributed by atoms with E-state index < -0.39 is 0 Å². The van der Waals surface area contributed by atoms with Crippen molar-refractivity contribution in [2.45, 2.75) is 33.1 Å². The Morgan fingerprint density at radius 2 is 2.13 bits per heavy atom. The predicted molar refractivity (Wildman–Crippen MR) is 65.5 cm³/mol. The van der Waals surface area contributed by atoms with Crippen LogP contribution < -0.4 is 5.32 Å². The van der Waals surface area contributed by atoms with Crippen molar-refractivity contribution in [3.63, 3.8) is 0 Å². The molecule has 90 valence electrons. The van der Waals surface area contributed by atoms with E-state index in [1.165, 1.54) is 6.42 Å². The van der Waals surface area contributed by atoms with E-state index in [0.717, 1.165) is 45.0 Å². The van der Waals surface area contributed by atoms with Gasteiger partial charge in [0.25, 0.3) is 0 Å². The standard InChI is InChI=1S/C12H24ClNO/c1-3-12(4-2,9-13)10-14-7-11-5-6-15-8-11/h11,14H,3-10H2,1-2H3. The van der Waals surface area contributed by atoms with Crippen molar-refractivity contribution in [1.82, 2.24) is 5.32 Å². The summed E-state index contributed by atoms with van der Waals surface area (Å²) >= 11 is 6.06. The van der Waals surface area contributed by atoms with Gasteiger partial charge in [-0.05, 0) is 30.6 Å². The van der Waals surface area contributed by atoms with Gasteiger partial charge in [-0.1, -0.05) is 13.8 Å². The molecular weight excluding hydrogens is 210 g/mol. The maximum absolute atomic E-state index is 6.06. The first-order chi connectivity index (χ1) is 7.26. The van der Waals surface area contributed by atoms with Crippen LogP contribution in [0.5, 0.6) is 0 Å². The summed E-state index contributed by atoms with van der Waals surface area (Å²) in [6.45, 7) is 8.45. The Hall–Kier alpha value is 0.210. The van der Waals surface area contributed by atoms with E-state index in [4.69, 9.17) is 16.3 Å². The number of hydrogen-bond acceptors (Lipinski definition) is 2. The lowest BCUT2D eigenvalue weighted by Crippen LogP contribution is -2.37. The monoisotopic (exact) mass is 233 g/mol. The van der Waals surface area contributed by atoms with Gasteiger partial charge in [-0.15, -0.1) is 11.6 Å². The van der Waals surface area contributed by atoms with Gasteiger partial charge in [0.2, 0.25) is 0 Å². The van der Waals surface area contributed by atoms with E-state index in [9.17, 15) is 0 Å². The number of halogens is 1. The molecule has 1 fully saturated rings. The van der Waals surface area contributed by atoms with Gasteiger partial charge >= 0.3 is 0 Å². The lowest BCUT2D eigenvalue weighted by molar-refractivity contribution is 0.183. The zero-order valence-electron chi connectivity index (χ0n) is 10.0. The summed E-state index contributed by atoms with van der Waals surface area (Å²) < 4.78 is 5.35. The Bertz CT molecular complexity index is 157. The summed E-state index contributed by atoms with van der Waals surface area (Å²) in [6, 6.07) is 0. The number of nitrogens with one attached hydrogen (secondary N) is 1. The van der Waals surface area contributed by atoms with Crippen molar-refractivity contribution < 1.29 is 4.74 Å². The Kier molecular flexibility index (Phi) is 5.95. The van der Waals surface area contributed by atoms with Crippen molar-refractivity contribution in [1.29, 1.82) is 0 Å². The van der Waals surface area contributed by atoms with Crippen molar-refractivity contribution in [3.05, 3.63) is 0 Å².